The van der Waals surface area contributed by atoms with Crippen LogP contribution in [0.3, 0.4) is 0 Å². The molecule has 0 heterocycles. The fourth-order valence-electron chi connectivity index (χ4n) is 2.10. The van der Waals surface area contributed by atoms with E-state index in [1.54, 1.807) is 26.4 Å². The Morgan fingerprint density at radius 2 is 1.76 bits per heavy atom. The quantitative estimate of drug-likeness (QED) is 0.636. The minimum absolute atomic E-state index is 0.208. The molecule has 1 rings (SSSR count). The van der Waals surface area contributed by atoms with E-state index >= 15 is 0 Å². The number of rotatable bonds is 11. The third-order valence-electron chi connectivity index (χ3n) is 3.19. The van der Waals surface area contributed by atoms with Gasteiger partial charge >= 0.3 is 0 Å². The average molecular weight is 298 g/mol. The Morgan fingerprint density at radius 3 is 2.33 bits per heavy atom. The summed E-state index contributed by atoms with van der Waals surface area (Å²) in [5, 5.41) is 3.30. The number of benzene rings is 1. The van der Waals surface area contributed by atoms with Gasteiger partial charge in [-0.25, -0.2) is 4.39 Å². The van der Waals surface area contributed by atoms with Crippen LogP contribution in [0.25, 0.3) is 0 Å². The molecule has 0 spiro atoms. The van der Waals surface area contributed by atoms with Crippen LogP contribution >= 0.6 is 0 Å². The van der Waals surface area contributed by atoms with Crippen LogP contribution in [-0.2, 0) is 16.0 Å². The first-order valence-corrected chi connectivity index (χ1v) is 7.44. The SMILES string of the molecule is CCCNCc1cc(F)cc(N(CCOC)CCOC)c1. The molecule has 5 heteroatoms. The molecule has 0 fully saturated rings. The molecule has 0 unspecified atom stereocenters. The predicted molar refractivity (Wildman–Crippen MR) is 84.4 cm³/mol. The first kappa shape index (κ1) is 17.9. The number of nitrogens with one attached hydrogen (secondary N) is 1. The first-order chi connectivity index (χ1) is 10.2. The second-order valence-corrected chi connectivity index (χ2v) is 4.97. The van der Waals surface area contributed by atoms with Crippen molar-refractivity contribution in [3.8, 4) is 0 Å². The molecule has 1 aromatic rings. The normalized spacial score (nSPS) is 10.9. The first-order valence-electron chi connectivity index (χ1n) is 7.44. The predicted octanol–water partition coefficient (Wildman–Crippen LogP) is 2.42. The Morgan fingerprint density at radius 1 is 1.10 bits per heavy atom. The highest BCUT2D eigenvalue weighted by Crippen LogP contribution is 2.18. The monoisotopic (exact) mass is 298 g/mol. The number of nitrogens with zero attached hydrogens (tertiary/aromatic N) is 1. The number of anilines is 1. The summed E-state index contributed by atoms with van der Waals surface area (Å²) in [7, 11) is 3.33. The van der Waals surface area contributed by atoms with Crippen LogP contribution in [0.15, 0.2) is 18.2 Å². The molecule has 0 aromatic heterocycles. The molecule has 0 aliphatic heterocycles. The van der Waals surface area contributed by atoms with Gasteiger partial charge in [-0.1, -0.05) is 6.92 Å². The van der Waals surface area contributed by atoms with Gasteiger partial charge in [0, 0.05) is 39.5 Å². The van der Waals surface area contributed by atoms with Crippen molar-refractivity contribution in [3.63, 3.8) is 0 Å². The van der Waals surface area contributed by atoms with E-state index in [0.717, 1.165) is 24.2 Å². The molecule has 4 nitrogen and oxygen atoms in total. The molecule has 0 radical (unpaired) electrons. The second-order valence-electron chi connectivity index (χ2n) is 4.97. The van der Waals surface area contributed by atoms with E-state index in [2.05, 4.69) is 17.1 Å². The highest BCUT2D eigenvalue weighted by Gasteiger charge is 2.09. The van der Waals surface area contributed by atoms with Crippen molar-refractivity contribution in [1.82, 2.24) is 5.32 Å². The van der Waals surface area contributed by atoms with Gasteiger partial charge in [0.15, 0.2) is 0 Å². The molecule has 0 saturated heterocycles. The van der Waals surface area contributed by atoms with Gasteiger partial charge in [0.05, 0.1) is 13.2 Å². The summed E-state index contributed by atoms with van der Waals surface area (Å²) in [4.78, 5) is 2.08. The molecule has 0 aliphatic rings. The van der Waals surface area contributed by atoms with E-state index in [4.69, 9.17) is 9.47 Å². The molecule has 0 atom stereocenters. The minimum Gasteiger partial charge on any atom is -0.383 e. The smallest absolute Gasteiger partial charge is 0.125 e. The van der Waals surface area contributed by atoms with Crippen LogP contribution in [0, 0.1) is 5.82 Å². The van der Waals surface area contributed by atoms with E-state index in [0.29, 0.717) is 32.8 Å². The fourth-order valence-corrected chi connectivity index (χ4v) is 2.10. The minimum atomic E-state index is -0.208. The maximum Gasteiger partial charge on any atom is 0.125 e. The van der Waals surface area contributed by atoms with Crippen molar-refractivity contribution in [2.75, 3.05) is 52.0 Å². The van der Waals surface area contributed by atoms with Crippen molar-refractivity contribution in [2.24, 2.45) is 0 Å². The largest absolute Gasteiger partial charge is 0.383 e. The Bertz CT molecular complexity index is 394. The van der Waals surface area contributed by atoms with Gasteiger partial charge in [-0.05, 0) is 36.7 Å². The van der Waals surface area contributed by atoms with Gasteiger partial charge in [0.2, 0.25) is 0 Å². The standard InChI is InChI=1S/C16H27FN2O2/c1-4-5-18-13-14-10-15(17)12-16(11-14)19(6-8-20-2)7-9-21-3/h10-12,18H,4-9,13H2,1-3H3. The van der Waals surface area contributed by atoms with E-state index in [1.807, 2.05) is 6.07 Å². The number of hydrogen-bond acceptors (Lipinski definition) is 4. The summed E-state index contributed by atoms with van der Waals surface area (Å²) in [6.07, 6.45) is 1.07. The van der Waals surface area contributed by atoms with Crippen LogP contribution < -0.4 is 10.2 Å². The summed E-state index contributed by atoms with van der Waals surface area (Å²) in [6.45, 7) is 6.36. The van der Waals surface area contributed by atoms with Gasteiger partial charge < -0.3 is 19.7 Å². The highest BCUT2D eigenvalue weighted by atomic mass is 19.1. The summed E-state index contributed by atoms with van der Waals surface area (Å²) in [5.41, 5.74) is 1.83. The zero-order chi connectivity index (χ0) is 15.5. The summed E-state index contributed by atoms with van der Waals surface area (Å²) >= 11 is 0. The number of ether oxygens (including phenoxy) is 2. The highest BCUT2D eigenvalue weighted by molar-refractivity contribution is 5.49. The van der Waals surface area contributed by atoms with Gasteiger partial charge in [0.25, 0.3) is 0 Å². The van der Waals surface area contributed by atoms with Gasteiger partial charge in [-0.3, -0.25) is 0 Å². The van der Waals surface area contributed by atoms with Crippen molar-refractivity contribution >= 4 is 5.69 Å². The van der Waals surface area contributed by atoms with E-state index in [-0.39, 0.29) is 5.82 Å². The average Bonchev–Trinajstić information content (AvgIpc) is 2.47. The lowest BCUT2D eigenvalue weighted by atomic mass is 10.1. The fraction of sp³-hybridized carbons (Fsp3) is 0.625. The van der Waals surface area contributed by atoms with Crippen molar-refractivity contribution < 1.29 is 13.9 Å². The molecule has 1 N–H and O–H groups in total. The van der Waals surface area contributed by atoms with Crippen molar-refractivity contribution in [2.45, 2.75) is 19.9 Å². The van der Waals surface area contributed by atoms with Crippen LogP contribution in [0.1, 0.15) is 18.9 Å². The molecular formula is C16H27FN2O2. The van der Waals surface area contributed by atoms with Crippen molar-refractivity contribution in [1.29, 1.82) is 0 Å². The van der Waals surface area contributed by atoms with Gasteiger partial charge in [-0.15, -0.1) is 0 Å². The Hall–Kier alpha value is -1.17. The lowest BCUT2D eigenvalue weighted by Gasteiger charge is -2.25. The van der Waals surface area contributed by atoms with E-state index in [9.17, 15) is 4.39 Å². The molecule has 21 heavy (non-hydrogen) atoms. The summed E-state index contributed by atoms with van der Waals surface area (Å²) in [5.74, 6) is -0.208. The van der Waals surface area contributed by atoms with Crippen LogP contribution in [-0.4, -0.2) is 47.1 Å². The van der Waals surface area contributed by atoms with Gasteiger partial charge in [0.1, 0.15) is 5.82 Å². The van der Waals surface area contributed by atoms with Gasteiger partial charge in [-0.2, -0.15) is 0 Å². The van der Waals surface area contributed by atoms with Crippen LogP contribution in [0.4, 0.5) is 10.1 Å². The number of methoxy groups -OCH3 is 2. The molecule has 0 amide bonds. The molecular weight excluding hydrogens is 271 g/mol. The van der Waals surface area contributed by atoms with Crippen molar-refractivity contribution in [3.05, 3.63) is 29.6 Å². The second kappa shape index (κ2) is 10.5. The number of hydrogen-bond donors (Lipinski definition) is 1. The van der Waals surface area contributed by atoms with Crippen LogP contribution in [0.5, 0.6) is 0 Å². The Kier molecular flexibility index (Phi) is 8.98. The summed E-state index contributed by atoms with van der Waals surface area (Å²) < 4.78 is 24.1. The van der Waals surface area contributed by atoms with Crippen LogP contribution in [0.2, 0.25) is 0 Å². The number of halogens is 1. The zero-order valence-electron chi connectivity index (χ0n) is 13.3. The van der Waals surface area contributed by atoms with E-state index < -0.39 is 0 Å². The maximum absolute atomic E-state index is 13.8. The third kappa shape index (κ3) is 6.89. The molecule has 120 valence electrons. The molecule has 0 saturated carbocycles. The Balaban J connectivity index is 2.79. The molecule has 0 bridgehead atoms. The maximum atomic E-state index is 13.8. The van der Waals surface area contributed by atoms with E-state index in [1.165, 1.54) is 0 Å². The Labute approximate surface area is 127 Å². The molecule has 0 aliphatic carbocycles. The lowest BCUT2D eigenvalue weighted by molar-refractivity contribution is 0.190. The summed E-state index contributed by atoms with van der Waals surface area (Å²) in [6, 6.07) is 5.17. The molecule has 1 aromatic carbocycles. The topological polar surface area (TPSA) is 33.7 Å². The third-order valence-corrected chi connectivity index (χ3v) is 3.19. The zero-order valence-corrected chi connectivity index (χ0v) is 13.3. The lowest BCUT2D eigenvalue weighted by Crippen LogP contribution is -2.30.